The highest BCUT2D eigenvalue weighted by Crippen LogP contribution is 2.56. The fourth-order valence-electron chi connectivity index (χ4n) is 12.7. The second kappa shape index (κ2) is 17.8. The van der Waals surface area contributed by atoms with Gasteiger partial charge in [0, 0.05) is 50.1 Å². The summed E-state index contributed by atoms with van der Waals surface area (Å²) in [5.41, 5.74) is 3.81. The van der Waals surface area contributed by atoms with E-state index in [1.807, 2.05) is 84.4 Å². The number of aromatic amines is 1. The molecule has 13 aromatic rings. The van der Waals surface area contributed by atoms with Gasteiger partial charge in [-0.3, -0.25) is 0 Å². The highest BCUT2D eigenvalue weighted by Gasteiger charge is 2.35. The van der Waals surface area contributed by atoms with Gasteiger partial charge in [0.1, 0.15) is 68.6 Å². The summed E-state index contributed by atoms with van der Waals surface area (Å²) in [7, 11) is 15.1. The van der Waals surface area contributed by atoms with Crippen LogP contribution in [0.25, 0.3) is 154 Å². The van der Waals surface area contributed by atoms with Gasteiger partial charge in [0.15, 0.2) is 23.3 Å². The molecular formula is C65H48N8O8. The molecule has 0 saturated heterocycles. The molecule has 2 aliphatic heterocycles. The third-order valence-corrected chi connectivity index (χ3v) is 16.0. The van der Waals surface area contributed by atoms with Crippen molar-refractivity contribution < 1.29 is 37.9 Å². The maximum absolute atomic E-state index is 6.59. The Labute approximate surface area is 461 Å². The van der Waals surface area contributed by atoms with E-state index in [1.165, 1.54) is 0 Å². The van der Waals surface area contributed by atoms with Crippen molar-refractivity contribution in [3.63, 3.8) is 0 Å². The van der Waals surface area contributed by atoms with E-state index in [1.54, 1.807) is 56.9 Å². The van der Waals surface area contributed by atoms with Gasteiger partial charge in [-0.1, -0.05) is 97.1 Å². The second-order valence-electron chi connectivity index (χ2n) is 19.8. The summed E-state index contributed by atoms with van der Waals surface area (Å²) in [6.45, 7) is 0. The first-order valence-electron chi connectivity index (χ1n) is 26.1. The fourth-order valence-corrected chi connectivity index (χ4v) is 12.7. The Kier molecular flexibility index (Phi) is 10.5. The molecule has 0 spiro atoms. The van der Waals surface area contributed by atoms with Crippen LogP contribution in [0.2, 0.25) is 0 Å². The van der Waals surface area contributed by atoms with Crippen LogP contribution in [0.4, 0.5) is 0 Å². The number of hydrogen-bond acceptors (Lipinski definition) is 14. The number of benzene rings is 10. The number of aromatic nitrogens is 8. The molecule has 3 aromatic heterocycles. The lowest BCUT2D eigenvalue weighted by molar-refractivity contribution is 0.413. The molecule has 16 heteroatoms. The molecule has 0 radical (unpaired) electrons. The van der Waals surface area contributed by atoms with Crippen LogP contribution in [0.1, 0.15) is 0 Å². The number of aryl methyl sites for hydroxylation is 1. The van der Waals surface area contributed by atoms with Crippen LogP contribution in [0.15, 0.2) is 121 Å². The van der Waals surface area contributed by atoms with Crippen LogP contribution in [-0.2, 0) is 7.05 Å². The summed E-state index contributed by atoms with van der Waals surface area (Å²) in [5, 5.41) is 12.7. The molecule has 0 saturated carbocycles. The molecule has 0 fully saturated rings. The Balaban J connectivity index is 1.24. The van der Waals surface area contributed by atoms with Gasteiger partial charge in [-0.2, -0.15) is 0 Å². The van der Waals surface area contributed by atoms with Gasteiger partial charge in [-0.15, -0.1) is 0 Å². The third-order valence-electron chi connectivity index (χ3n) is 16.0. The van der Waals surface area contributed by atoms with Crippen LogP contribution >= 0.6 is 0 Å². The number of nitrogens with zero attached hydrogens (tertiary/aromatic N) is 7. The molecule has 16 nitrogen and oxygen atoms in total. The van der Waals surface area contributed by atoms with Crippen molar-refractivity contribution in [1.82, 2.24) is 39.5 Å². The summed E-state index contributed by atoms with van der Waals surface area (Å²) in [6.07, 6.45) is 0. The normalized spacial score (nSPS) is 12.0. The largest absolute Gasteiger partial charge is 0.495 e. The van der Waals surface area contributed by atoms with Gasteiger partial charge in [0.25, 0.3) is 0 Å². The van der Waals surface area contributed by atoms with E-state index < -0.39 is 0 Å². The Bertz CT molecular complexity index is 5150. The zero-order valence-electron chi connectivity index (χ0n) is 45.4. The molecule has 81 heavy (non-hydrogen) atoms. The summed E-state index contributed by atoms with van der Waals surface area (Å²) in [6, 6.07) is 40.7. The lowest BCUT2D eigenvalue weighted by Gasteiger charge is -2.17. The SMILES string of the molecule is COc1c2c(c(OC)c3ccccc13)-c1nc-2nc2[nH]c(nc3nc(nc4c5c(OC)c6cc7ccccc7cc6c(OC)c5c(n1)n4C)-c1c-3c(OC)c3cc4ccccc4cc3c1OC)c1c(OC)c3ccccc3c(OC)c21. The van der Waals surface area contributed by atoms with E-state index >= 15 is 0 Å². The summed E-state index contributed by atoms with van der Waals surface area (Å²) in [4.78, 5) is 36.9. The number of ether oxygens (including phenoxy) is 8. The van der Waals surface area contributed by atoms with E-state index in [-0.39, 0.29) is 23.3 Å². The average Bonchev–Trinajstić information content (AvgIpc) is 4.20. The van der Waals surface area contributed by atoms with Crippen LogP contribution in [0, 0.1) is 0 Å². The monoisotopic (exact) mass is 1070 g/mol. The maximum atomic E-state index is 6.59. The van der Waals surface area contributed by atoms with Crippen molar-refractivity contribution in [3.05, 3.63) is 121 Å². The van der Waals surface area contributed by atoms with Gasteiger partial charge in [-0.25, -0.2) is 29.9 Å². The van der Waals surface area contributed by atoms with Crippen LogP contribution in [0.5, 0.6) is 46.0 Å². The van der Waals surface area contributed by atoms with Crippen LogP contribution in [0.3, 0.4) is 0 Å². The minimum Gasteiger partial charge on any atom is -0.495 e. The molecule has 1 N–H and O–H groups in total. The van der Waals surface area contributed by atoms with Crippen molar-refractivity contribution in [2.45, 2.75) is 0 Å². The van der Waals surface area contributed by atoms with Gasteiger partial charge in [0.2, 0.25) is 0 Å². The number of methoxy groups -OCH3 is 8. The highest BCUT2D eigenvalue weighted by atomic mass is 16.5. The predicted octanol–water partition coefficient (Wildman–Crippen LogP) is 13.9. The van der Waals surface area contributed by atoms with Crippen LogP contribution < -0.4 is 37.9 Å². The molecule has 10 aromatic carbocycles. The van der Waals surface area contributed by atoms with Crippen molar-refractivity contribution in [1.29, 1.82) is 0 Å². The molecule has 5 heterocycles. The first-order valence-corrected chi connectivity index (χ1v) is 26.1. The highest BCUT2D eigenvalue weighted by molar-refractivity contribution is 6.24. The summed E-state index contributed by atoms with van der Waals surface area (Å²) < 4.78 is 53.9. The number of nitrogens with one attached hydrogen (secondary N) is 1. The topological polar surface area (TPSA) is 172 Å². The van der Waals surface area contributed by atoms with E-state index in [0.717, 1.165) is 64.6 Å². The van der Waals surface area contributed by atoms with Crippen molar-refractivity contribution in [2.75, 3.05) is 56.9 Å². The van der Waals surface area contributed by atoms with E-state index in [9.17, 15) is 0 Å². The Morgan fingerprint density at radius 1 is 0.296 bits per heavy atom. The molecule has 0 atom stereocenters. The third kappa shape index (κ3) is 6.46. The zero-order valence-corrected chi connectivity index (χ0v) is 45.4. The molecule has 2 aliphatic rings. The molecular weight excluding hydrogens is 1020 g/mol. The lowest BCUT2D eigenvalue weighted by atomic mass is 9.95. The Morgan fingerprint density at radius 2 is 0.556 bits per heavy atom. The van der Waals surface area contributed by atoms with E-state index in [0.29, 0.717) is 112 Å². The van der Waals surface area contributed by atoms with Gasteiger partial charge >= 0.3 is 0 Å². The predicted molar refractivity (Wildman–Crippen MR) is 318 cm³/mol. The minimum absolute atomic E-state index is 0.270. The van der Waals surface area contributed by atoms with Crippen LogP contribution in [-0.4, -0.2) is 96.3 Å². The van der Waals surface area contributed by atoms with Gasteiger partial charge < -0.3 is 47.4 Å². The van der Waals surface area contributed by atoms with E-state index in [2.05, 4.69) is 53.5 Å². The fraction of sp³-hybridized carbons (Fsp3) is 0.138. The smallest absolute Gasteiger partial charge is 0.168 e. The number of H-pyrrole nitrogens is 1. The molecule has 15 rings (SSSR count). The summed E-state index contributed by atoms with van der Waals surface area (Å²) in [5.74, 6) is 5.34. The summed E-state index contributed by atoms with van der Waals surface area (Å²) >= 11 is 0. The molecule has 8 bridgehead atoms. The van der Waals surface area contributed by atoms with Crippen molar-refractivity contribution in [3.8, 4) is 91.5 Å². The maximum Gasteiger partial charge on any atom is 0.168 e. The lowest BCUT2D eigenvalue weighted by Crippen LogP contribution is -1.98. The van der Waals surface area contributed by atoms with Gasteiger partial charge in [-0.05, 0) is 45.8 Å². The standard InChI is InChI=1S/C65H48N8O8/c1-73-64-48-49(57(81-9)41-29-33-21-13-12-20-32(33)28-40(41)56(48)80-8)65(73)72-63-47-46(54(78-6)38-26-30-18-10-11-19-31(30)27-39(38)55(47)79-7)61(70-63)68-59-43-42(50(74-2)34-22-14-15-23-35(34)51(43)75-3)58(66-59)67-60-44-45(62(69-60)71-64)53(77-5)37-25-17-16-24-36(37)52(44)76-4/h10-29H,1-9H3,(H,66,67,68,69,70,71,72). The first kappa shape index (κ1) is 47.7. The molecule has 396 valence electrons. The molecule has 0 unspecified atom stereocenters. The minimum atomic E-state index is 0.270. The average molecular weight is 1070 g/mol. The Morgan fingerprint density at radius 3 is 0.877 bits per heavy atom. The first-order chi connectivity index (χ1) is 39.7. The number of hydrogen-bond donors (Lipinski definition) is 1. The van der Waals surface area contributed by atoms with Crippen molar-refractivity contribution in [2.24, 2.45) is 7.05 Å². The van der Waals surface area contributed by atoms with Crippen molar-refractivity contribution >= 4 is 109 Å². The quantitative estimate of drug-likeness (QED) is 0.142. The molecule has 0 amide bonds. The Hall–Kier alpha value is -10.5. The van der Waals surface area contributed by atoms with Gasteiger partial charge in [0.05, 0.1) is 101 Å². The number of rotatable bonds is 8. The zero-order chi connectivity index (χ0) is 55.1. The number of fused-ring (bicyclic) bond motifs is 26. The van der Waals surface area contributed by atoms with E-state index in [4.69, 9.17) is 67.8 Å². The molecule has 0 aliphatic carbocycles. The second-order valence-corrected chi connectivity index (χ2v) is 19.8.